The van der Waals surface area contributed by atoms with E-state index >= 15 is 4.39 Å². The van der Waals surface area contributed by atoms with Crippen molar-refractivity contribution in [2.45, 2.75) is 51.0 Å². The second-order valence-corrected chi connectivity index (χ2v) is 14.7. The van der Waals surface area contributed by atoms with Crippen LogP contribution in [0.25, 0.3) is 38.9 Å². The summed E-state index contributed by atoms with van der Waals surface area (Å²) in [5.74, 6) is -3.20. The Balaban J connectivity index is 1.76. The highest BCUT2D eigenvalue weighted by molar-refractivity contribution is 7.90. The smallest absolute Gasteiger partial charge is 0.282 e. The second-order valence-electron chi connectivity index (χ2n) is 12.8. The molecule has 12 nitrogen and oxygen atoms in total. The highest BCUT2D eigenvalue weighted by atomic mass is 32.2. The number of fused-ring (bicyclic) bond motifs is 2. The van der Waals surface area contributed by atoms with E-state index in [2.05, 4.69) is 21.8 Å². The lowest BCUT2D eigenvalue weighted by Gasteiger charge is -2.42. The Morgan fingerprint density at radius 3 is 2.56 bits per heavy atom. The van der Waals surface area contributed by atoms with Crippen molar-refractivity contribution < 1.29 is 22.0 Å². The summed E-state index contributed by atoms with van der Waals surface area (Å²) in [7, 11) is -4.34. The zero-order valence-electron chi connectivity index (χ0n) is 28.1. The molecule has 1 aromatic carbocycles. The normalized spacial score (nSPS) is 15.2. The number of carbonyl (C=O) groups excluding carboxylic acids is 1. The number of aryl methyl sites for hydroxylation is 2. The average molecular weight is 701 g/mol. The standard InChI is InChI=1S/C35H34F2N8O4S/c1-18(2)28-30(20(4)10-12-39-28)45-33-23(15-25(37)29(41-33)27-19(3)7-8-26-24(27)16-40-42-26)31(32(35(45)47)50(6,48)49)43-13-14-44(34(46)21(5)36)22(17-43)9-11-38/h7-8,10,12,15-16,18,22H,5,9,13-14,17H2,1-4,6H3,(H,40,42)/t22-/m0/s1. The average Bonchev–Trinajstić information content (AvgIpc) is 3.53. The molecule has 1 N–H and O–H groups in total. The monoisotopic (exact) mass is 700 g/mol. The molecule has 0 unspecified atom stereocenters. The topological polar surface area (TPSA) is 158 Å². The largest absolute Gasteiger partial charge is 0.366 e. The predicted molar refractivity (Wildman–Crippen MR) is 185 cm³/mol. The number of halogens is 2. The molecule has 1 saturated heterocycles. The van der Waals surface area contributed by atoms with E-state index in [1.165, 1.54) is 9.47 Å². The van der Waals surface area contributed by atoms with E-state index in [1.807, 2.05) is 19.9 Å². The minimum Gasteiger partial charge on any atom is -0.366 e. The van der Waals surface area contributed by atoms with Gasteiger partial charge in [0.25, 0.3) is 11.5 Å². The number of sulfone groups is 1. The molecule has 6 rings (SSSR count). The van der Waals surface area contributed by atoms with E-state index in [0.29, 0.717) is 39.0 Å². The molecule has 50 heavy (non-hydrogen) atoms. The van der Waals surface area contributed by atoms with Crippen LogP contribution < -0.4 is 10.5 Å². The van der Waals surface area contributed by atoms with Crippen LogP contribution in [0.3, 0.4) is 0 Å². The summed E-state index contributed by atoms with van der Waals surface area (Å²) in [4.78, 5) is 39.0. The zero-order chi connectivity index (χ0) is 36.2. The van der Waals surface area contributed by atoms with Crippen molar-refractivity contribution in [1.29, 1.82) is 5.26 Å². The number of nitrogens with zero attached hydrogens (tertiary/aromatic N) is 7. The van der Waals surface area contributed by atoms with Gasteiger partial charge in [-0.25, -0.2) is 22.2 Å². The SMILES string of the molecule is C=C(F)C(=O)N1CCN(c2c(S(C)(=O)=O)c(=O)n(-c3c(C)ccnc3C(C)C)c3nc(-c4c(C)ccc5[nH]ncc45)c(F)cc23)C[C@@H]1CC#N. The van der Waals surface area contributed by atoms with Gasteiger partial charge >= 0.3 is 0 Å². The van der Waals surface area contributed by atoms with Gasteiger partial charge in [0, 0.05) is 48.4 Å². The third-order valence-electron chi connectivity index (χ3n) is 9.02. The first-order valence-corrected chi connectivity index (χ1v) is 17.7. The van der Waals surface area contributed by atoms with Crippen molar-refractivity contribution in [1.82, 2.24) is 29.6 Å². The summed E-state index contributed by atoms with van der Waals surface area (Å²) in [5.41, 5.74) is 2.00. The molecule has 15 heteroatoms. The number of hydrogen-bond acceptors (Lipinski definition) is 9. The summed E-state index contributed by atoms with van der Waals surface area (Å²) in [6, 6.07) is 7.54. The third kappa shape index (κ3) is 5.68. The first-order chi connectivity index (χ1) is 23.6. The number of carbonyl (C=O) groups is 1. The van der Waals surface area contributed by atoms with Crippen molar-refractivity contribution in [3.8, 4) is 23.0 Å². The van der Waals surface area contributed by atoms with Gasteiger partial charge in [0.05, 0.1) is 47.3 Å². The number of nitriles is 1. The second kappa shape index (κ2) is 12.8. The van der Waals surface area contributed by atoms with Crippen molar-refractivity contribution >= 4 is 43.4 Å². The number of benzene rings is 1. The number of aromatic nitrogens is 5. The van der Waals surface area contributed by atoms with Gasteiger partial charge in [0.2, 0.25) is 0 Å². The van der Waals surface area contributed by atoms with Crippen molar-refractivity contribution in [2.75, 3.05) is 30.8 Å². The molecule has 4 aromatic heterocycles. The van der Waals surface area contributed by atoms with Crippen LogP contribution in [0, 0.1) is 31.0 Å². The fourth-order valence-corrected chi connectivity index (χ4v) is 7.76. The van der Waals surface area contributed by atoms with Crippen molar-refractivity contribution in [3.05, 3.63) is 82.1 Å². The maximum absolute atomic E-state index is 16.7. The maximum Gasteiger partial charge on any atom is 0.282 e. The molecular weight excluding hydrogens is 667 g/mol. The Morgan fingerprint density at radius 2 is 1.90 bits per heavy atom. The summed E-state index contributed by atoms with van der Waals surface area (Å²) < 4.78 is 59.2. The van der Waals surface area contributed by atoms with Crippen molar-refractivity contribution in [2.24, 2.45) is 0 Å². The molecule has 5 heterocycles. The van der Waals surface area contributed by atoms with Crippen LogP contribution in [-0.4, -0.2) is 75.9 Å². The van der Waals surface area contributed by atoms with Crippen molar-refractivity contribution in [3.63, 3.8) is 0 Å². The first-order valence-electron chi connectivity index (χ1n) is 15.8. The van der Waals surface area contributed by atoms with Crippen LogP contribution in [0.15, 0.2) is 58.8 Å². The number of rotatable bonds is 7. The quantitative estimate of drug-likeness (QED) is 0.230. The Bertz CT molecular complexity index is 2450. The predicted octanol–water partition coefficient (Wildman–Crippen LogP) is 5.02. The lowest BCUT2D eigenvalue weighted by atomic mass is 9.99. The van der Waals surface area contributed by atoms with Gasteiger partial charge in [-0.15, -0.1) is 0 Å². The van der Waals surface area contributed by atoms with E-state index in [1.54, 1.807) is 44.4 Å². The zero-order valence-corrected chi connectivity index (χ0v) is 28.9. The molecule has 0 radical (unpaired) electrons. The highest BCUT2D eigenvalue weighted by Gasteiger charge is 2.37. The van der Waals surface area contributed by atoms with Crippen LogP contribution in [0.2, 0.25) is 0 Å². The summed E-state index contributed by atoms with van der Waals surface area (Å²) in [6.45, 7) is 10.1. The fourth-order valence-electron chi connectivity index (χ4n) is 6.76. The van der Waals surface area contributed by atoms with Gasteiger partial charge in [-0.2, -0.15) is 10.4 Å². The molecule has 1 amide bonds. The number of aromatic amines is 1. The lowest BCUT2D eigenvalue weighted by Crippen LogP contribution is -2.55. The summed E-state index contributed by atoms with van der Waals surface area (Å²) in [6.07, 6.45) is 3.81. The molecule has 1 aliphatic heterocycles. The van der Waals surface area contributed by atoms with E-state index in [9.17, 15) is 27.7 Å². The molecule has 0 saturated carbocycles. The first kappa shape index (κ1) is 34.4. The number of pyridine rings is 3. The Morgan fingerprint density at radius 1 is 1.16 bits per heavy atom. The number of piperazine rings is 1. The molecule has 5 aromatic rings. The van der Waals surface area contributed by atoms with Crippen LogP contribution in [0.4, 0.5) is 14.5 Å². The van der Waals surface area contributed by atoms with E-state index in [0.717, 1.165) is 17.2 Å². The van der Waals surface area contributed by atoms with Gasteiger partial charge < -0.3 is 9.80 Å². The maximum atomic E-state index is 16.7. The van der Waals surface area contributed by atoms with Gasteiger partial charge in [-0.05, 0) is 49.1 Å². The molecule has 1 atom stereocenters. The molecular formula is C35H34F2N8O4S. The molecule has 1 fully saturated rings. The van der Waals surface area contributed by atoms with E-state index in [-0.39, 0.29) is 54.4 Å². The molecule has 0 aliphatic carbocycles. The number of H-pyrrole nitrogens is 1. The van der Waals surface area contributed by atoms with E-state index in [4.69, 9.17) is 4.98 Å². The van der Waals surface area contributed by atoms with Gasteiger partial charge in [0.15, 0.2) is 26.2 Å². The minimum atomic E-state index is -4.34. The molecule has 1 aliphatic rings. The Labute approximate surface area is 286 Å². The van der Waals surface area contributed by atoms with Gasteiger partial charge in [-0.1, -0.05) is 26.5 Å². The highest BCUT2D eigenvalue weighted by Crippen LogP contribution is 2.39. The third-order valence-corrected chi connectivity index (χ3v) is 10.1. The minimum absolute atomic E-state index is 0.00615. The number of nitrogens with one attached hydrogen (secondary N) is 1. The fraction of sp³-hybridized carbons (Fsp3) is 0.314. The number of amides is 1. The molecule has 258 valence electrons. The lowest BCUT2D eigenvalue weighted by molar-refractivity contribution is -0.131. The molecule has 0 bridgehead atoms. The molecule has 0 spiro atoms. The van der Waals surface area contributed by atoms with Crippen LogP contribution in [0.1, 0.15) is 43.0 Å². The Kier molecular flexibility index (Phi) is 8.77. The number of anilines is 1. The Hall–Kier alpha value is -5.49. The van der Waals surface area contributed by atoms with Gasteiger partial charge in [0.1, 0.15) is 11.5 Å². The van der Waals surface area contributed by atoms with Crippen LogP contribution >= 0.6 is 0 Å². The summed E-state index contributed by atoms with van der Waals surface area (Å²) >= 11 is 0. The van der Waals surface area contributed by atoms with Crippen LogP contribution in [0.5, 0.6) is 0 Å². The number of hydrogen-bond donors (Lipinski definition) is 1. The summed E-state index contributed by atoms with van der Waals surface area (Å²) in [5, 5.41) is 17.2. The van der Waals surface area contributed by atoms with Crippen LogP contribution in [-0.2, 0) is 14.6 Å². The van der Waals surface area contributed by atoms with E-state index < -0.39 is 43.9 Å². The van der Waals surface area contributed by atoms with Gasteiger partial charge in [-0.3, -0.25) is 24.2 Å².